The third-order valence-electron chi connectivity index (χ3n) is 4.83. The lowest BCUT2D eigenvalue weighted by Gasteiger charge is -2.44. The molecule has 154 valence electrons. The van der Waals surface area contributed by atoms with Gasteiger partial charge in [0.15, 0.2) is 0 Å². The molecule has 1 saturated heterocycles. The number of hydrogen-bond acceptors (Lipinski definition) is 7. The summed E-state index contributed by atoms with van der Waals surface area (Å²) in [5.74, 6) is -0.00718. The Bertz CT molecular complexity index is 949. The Morgan fingerprint density at radius 3 is 2.83 bits per heavy atom. The fraction of sp³-hybridized carbons (Fsp3) is 0.400. The normalized spacial score (nSPS) is 14.3. The minimum atomic E-state index is -0.187. The molecule has 1 aliphatic heterocycles. The van der Waals surface area contributed by atoms with Crippen LogP contribution in [0.25, 0.3) is 11.3 Å². The fourth-order valence-corrected chi connectivity index (χ4v) is 3.03. The number of amides is 1. The molecule has 29 heavy (non-hydrogen) atoms. The Hall–Kier alpha value is -3.20. The van der Waals surface area contributed by atoms with Crippen molar-refractivity contribution in [2.75, 3.05) is 52.8 Å². The van der Waals surface area contributed by atoms with Crippen LogP contribution in [0.5, 0.6) is 6.01 Å². The number of likely N-dealkylation sites (tertiary alicyclic amines) is 1. The SMILES string of the molecule is COc1nccc(-c2c[nH]c(=O)c(N(C)C3CN(C(=O)/C=C/CN(C)C)C3)c2)n1. The van der Waals surface area contributed by atoms with Crippen molar-refractivity contribution >= 4 is 11.6 Å². The maximum atomic E-state index is 12.4. The number of rotatable bonds is 7. The lowest BCUT2D eigenvalue weighted by Crippen LogP contribution is -2.60. The molecule has 3 rings (SSSR count). The molecule has 1 amide bonds. The molecule has 9 nitrogen and oxygen atoms in total. The third kappa shape index (κ3) is 4.80. The summed E-state index contributed by atoms with van der Waals surface area (Å²) in [6.45, 7) is 1.87. The Morgan fingerprint density at radius 1 is 1.38 bits per heavy atom. The van der Waals surface area contributed by atoms with Crippen LogP contribution in [0.2, 0.25) is 0 Å². The lowest BCUT2D eigenvalue weighted by molar-refractivity contribution is -0.130. The Balaban J connectivity index is 1.69. The number of ether oxygens (including phenoxy) is 1. The van der Waals surface area contributed by atoms with Gasteiger partial charge < -0.3 is 24.4 Å². The third-order valence-corrected chi connectivity index (χ3v) is 4.83. The van der Waals surface area contributed by atoms with Gasteiger partial charge in [-0.3, -0.25) is 9.59 Å². The molecule has 2 aromatic heterocycles. The molecule has 3 heterocycles. The average Bonchev–Trinajstić information content (AvgIpc) is 2.66. The molecule has 2 aromatic rings. The zero-order valence-electron chi connectivity index (χ0n) is 17.1. The first-order valence-electron chi connectivity index (χ1n) is 9.32. The van der Waals surface area contributed by atoms with Crippen molar-refractivity contribution in [1.82, 2.24) is 24.8 Å². The van der Waals surface area contributed by atoms with Crippen LogP contribution in [-0.4, -0.2) is 84.6 Å². The molecule has 0 spiro atoms. The quantitative estimate of drug-likeness (QED) is 0.683. The number of methoxy groups -OCH3 is 1. The van der Waals surface area contributed by atoms with Gasteiger partial charge >= 0.3 is 6.01 Å². The average molecular weight is 398 g/mol. The van der Waals surface area contributed by atoms with Crippen LogP contribution in [0, 0.1) is 0 Å². The van der Waals surface area contributed by atoms with Crippen LogP contribution in [0.15, 0.2) is 41.5 Å². The highest BCUT2D eigenvalue weighted by molar-refractivity contribution is 5.88. The van der Waals surface area contributed by atoms with E-state index in [4.69, 9.17) is 4.74 Å². The number of nitrogens with zero attached hydrogens (tertiary/aromatic N) is 5. The summed E-state index contributed by atoms with van der Waals surface area (Å²) in [4.78, 5) is 41.3. The van der Waals surface area contributed by atoms with Crippen molar-refractivity contribution in [2.45, 2.75) is 6.04 Å². The van der Waals surface area contributed by atoms with Gasteiger partial charge in [0, 0.05) is 50.7 Å². The van der Waals surface area contributed by atoms with Crippen molar-refractivity contribution < 1.29 is 9.53 Å². The minimum Gasteiger partial charge on any atom is -0.467 e. The standard InChI is InChI=1S/C20H26N6O3/c1-24(2)9-5-6-18(27)26-12-15(13-26)25(3)17-10-14(11-22-19(17)28)16-7-8-21-20(23-16)29-4/h5-8,10-11,15H,9,12-13H2,1-4H3,(H,22,28)/b6-5+. The molecular formula is C20H26N6O3. The summed E-state index contributed by atoms with van der Waals surface area (Å²) in [5, 5.41) is 0. The van der Waals surface area contributed by atoms with Crippen molar-refractivity contribution in [3.8, 4) is 17.3 Å². The molecule has 0 radical (unpaired) electrons. The van der Waals surface area contributed by atoms with Gasteiger partial charge in [-0.05, 0) is 26.2 Å². The molecule has 1 aliphatic rings. The molecule has 0 atom stereocenters. The summed E-state index contributed by atoms with van der Waals surface area (Å²) in [7, 11) is 7.27. The first-order valence-corrected chi connectivity index (χ1v) is 9.32. The molecule has 0 unspecified atom stereocenters. The van der Waals surface area contributed by atoms with Crippen LogP contribution in [0.1, 0.15) is 0 Å². The van der Waals surface area contributed by atoms with E-state index >= 15 is 0 Å². The van der Waals surface area contributed by atoms with Crippen molar-refractivity contribution in [3.63, 3.8) is 0 Å². The smallest absolute Gasteiger partial charge is 0.316 e. The number of nitrogens with one attached hydrogen (secondary N) is 1. The number of carbonyl (C=O) groups excluding carboxylic acids is 1. The topological polar surface area (TPSA) is 94.7 Å². The highest BCUT2D eigenvalue weighted by Crippen LogP contribution is 2.23. The summed E-state index contributed by atoms with van der Waals surface area (Å²) < 4.78 is 5.07. The Kier molecular flexibility index (Phi) is 6.28. The maximum absolute atomic E-state index is 12.4. The largest absolute Gasteiger partial charge is 0.467 e. The van der Waals surface area contributed by atoms with Crippen LogP contribution in [-0.2, 0) is 4.79 Å². The highest BCUT2D eigenvalue weighted by Gasteiger charge is 2.33. The van der Waals surface area contributed by atoms with Crippen molar-refractivity contribution in [2.24, 2.45) is 0 Å². The molecule has 1 N–H and O–H groups in total. The van der Waals surface area contributed by atoms with E-state index in [0.717, 1.165) is 12.1 Å². The molecule has 9 heteroatoms. The first kappa shape index (κ1) is 20.5. The van der Waals surface area contributed by atoms with E-state index in [9.17, 15) is 9.59 Å². The van der Waals surface area contributed by atoms with Crippen LogP contribution in [0.4, 0.5) is 5.69 Å². The predicted octanol–water partition coefficient (Wildman–Crippen LogP) is 0.605. The van der Waals surface area contributed by atoms with Gasteiger partial charge in [-0.15, -0.1) is 0 Å². The van der Waals surface area contributed by atoms with Crippen LogP contribution in [0.3, 0.4) is 0 Å². The van der Waals surface area contributed by atoms with Gasteiger partial charge in [0.25, 0.3) is 5.56 Å². The number of pyridine rings is 1. The Morgan fingerprint density at radius 2 is 2.14 bits per heavy atom. The zero-order chi connectivity index (χ0) is 21.0. The van der Waals surface area contributed by atoms with E-state index in [2.05, 4.69) is 15.0 Å². The van der Waals surface area contributed by atoms with Crippen LogP contribution >= 0.6 is 0 Å². The second kappa shape index (κ2) is 8.87. The zero-order valence-corrected chi connectivity index (χ0v) is 17.1. The minimum absolute atomic E-state index is 0.00718. The summed E-state index contributed by atoms with van der Waals surface area (Å²) in [6, 6.07) is 3.89. The first-order chi connectivity index (χ1) is 13.9. The number of H-pyrrole nitrogens is 1. The van der Waals surface area contributed by atoms with Crippen molar-refractivity contribution in [3.05, 3.63) is 47.0 Å². The number of anilines is 1. The lowest BCUT2D eigenvalue weighted by atomic mass is 10.1. The summed E-state index contributed by atoms with van der Waals surface area (Å²) >= 11 is 0. The van der Waals surface area contributed by atoms with Gasteiger partial charge in [-0.1, -0.05) is 6.08 Å². The van der Waals surface area contributed by atoms with Gasteiger partial charge in [0.1, 0.15) is 5.69 Å². The van der Waals surface area contributed by atoms with E-state index in [-0.39, 0.29) is 23.5 Å². The van der Waals surface area contributed by atoms with Crippen molar-refractivity contribution in [1.29, 1.82) is 0 Å². The number of hydrogen-bond donors (Lipinski definition) is 1. The molecular weight excluding hydrogens is 372 g/mol. The van der Waals surface area contributed by atoms with Gasteiger partial charge in [-0.25, -0.2) is 4.98 Å². The summed E-state index contributed by atoms with van der Waals surface area (Å²) in [5.41, 5.74) is 1.75. The number of likely N-dealkylation sites (N-methyl/N-ethyl adjacent to an activating group) is 2. The molecule has 0 saturated carbocycles. The molecule has 0 aromatic carbocycles. The fourth-order valence-electron chi connectivity index (χ4n) is 3.03. The number of aromatic amines is 1. The summed E-state index contributed by atoms with van der Waals surface area (Å²) in [6.07, 6.45) is 6.68. The van der Waals surface area contributed by atoms with E-state index < -0.39 is 0 Å². The molecule has 0 aliphatic carbocycles. The van der Waals surface area contributed by atoms with E-state index in [1.807, 2.05) is 37.0 Å². The van der Waals surface area contributed by atoms with E-state index in [1.54, 1.807) is 35.5 Å². The van der Waals surface area contributed by atoms with Gasteiger partial charge in [-0.2, -0.15) is 4.98 Å². The highest BCUT2D eigenvalue weighted by atomic mass is 16.5. The molecule has 0 bridgehead atoms. The van der Waals surface area contributed by atoms with Crippen LogP contribution < -0.4 is 15.2 Å². The van der Waals surface area contributed by atoms with Gasteiger partial charge in [0.05, 0.1) is 18.8 Å². The number of aromatic nitrogens is 3. The Labute approximate surface area is 169 Å². The second-order valence-electron chi connectivity index (χ2n) is 7.20. The van der Waals surface area contributed by atoms with E-state index in [1.165, 1.54) is 7.11 Å². The van der Waals surface area contributed by atoms with E-state index in [0.29, 0.717) is 24.5 Å². The monoisotopic (exact) mass is 398 g/mol. The second-order valence-corrected chi connectivity index (χ2v) is 7.20. The number of carbonyl (C=O) groups is 1. The maximum Gasteiger partial charge on any atom is 0.316 e. The molecule has 1 fully saturated rings. The predicted molar refractivity (Wildman–Crippen MR) is 111 cm³/mol. The van der Waals surface area contributed by atoms with Gasteiger partial charge in [0.2, 0.25) is 5.91 Å².